The minimum atomic E-state index is -0.227. The van der Waals surface area contributed by atoms with E-state index in [1.165, 1.54) is 7.11 Å². The van der Waals surface area contributed by atoms with E-state index in [1.807, 2.05) is 30.5 Å². The van der Waals surface area contributed by atoms with Gasteiger partial charge in [-0.25, -0.2) is 0 Å². The Labute approximate surface area is 123 Å². The minimum absolute atomic E-state index is 0.227. The van der Waals surface area contributed by atoms with Gasteiger partial charge in [0, 0.05) is 35.3 Å². The number of carbonyl (C=O) groups is 2. The number of aryl methyl sites for hydroxylation is 2. The monoisotopic (exact) mass is 288 g/mol. The lowest BCUT2D eigenvalue weighted by molar-refractivity contribution is -0.140. The number of fused-ring (bicyclic) bond motifs is 1. The Balaban J connectivity index is 2.44. The number of nitrogens with two attached hydrogens (primary N) is 1. The molecule has 0 aliphatic rings. The molecule has 2 aromatic rings. The number of hydrogen-bond acceptors (Lipinski definition) is 4. The van der Waals surface area contributed by atoms with Crippen molar-refractivity contribution in [2.45, 2.75) is 33.2 Å². The lowest BCUT2D eigenvalue weighted by Crippen LogP contribution is -2.05. The molecule has 0 radical (unpaired) electrons. The first-order valence-electron chi connectivity index (χ1n) is 6.91. The van der Waals surface area contributed by atoms with Crippen molar-refractivity contribution in [2.24, 2.45) is 0 Å². The van der Waals surface area contributed by atoms with E-state index in [0.717, 1.165) is 28.4 Å². The van der Waals surface area contributed by atoms with Crippen molar-refractivity contribution in [3.63, 3.8) is 0 Å². The summed E-state index contributed by atoms with van der Waals surface area (Å²) in [5.74, 6) is -0.227. The van der Waals surface area contributed by atoms with Crippen LogP contribution in [0, 0.1) is 13.8 Å². The summed E-state index contributed by atoms with van der Waals surface area (Å²) in [7, 11) is 1.38. The number of ether oxygens (including phenoxy) is 1. The van der Waals surface area contributed by atoms with Crippen molar-refractivity contribution in [2.75, 3.05) is 12.8 Å². The Hall–Kier alpha value is -2.30. The molecule has 0 fully saturated rings. The van der Waals surface area contributed by atoms with Gasteiger partial charge in [0.05, 0.1) is 12.6 Å². The highest BCUT2D eigenvalue weighted by Crippen LogP contribution is 2.31. The third kappa shape index (κ3) is 2.63. The molecular formula is C16H20N2O3. The van der Waals surface area contributed by atoms with Crippen LogP contribution in [0.3, 0.4) is 0 Å². The van der Waals surface area contributed by atoms with E-state index in [4.69, 9.17) is 5.73 Å². The molecule has 0 saturated carbocycles. The molecule has 21 heavy (non-hydrogen) atoms. The Morgan fingerprint density at radius 2 is 2.10 bits per heavy atom. The predicted octanol–water partition coefficient (Wildman–Crippen LogP) is 2.61. The summed E-state index contributed by atoms with van der Waals surface area (Å²) in [6, 6.07) is 3.92. The van der Waals surface area contributed by atoms with Crippen molar-refractivity contribution >= 4 is 28.8 Å². The number of carbonyl (C=O) groups excluding carboxylic acids is 2. The maximum atomic E-state index is 11.4. The standard InChI is InChI=1S/C16H20N2O3/c1-10-6-7-13-15(16(10)17)12(9-19)11(2)18(13)8-4-5-14(20)21-3/h6-7,9H,4-5,8,17H2,1-3H3. The second-order valence-corrected chi connectivity index (χ2v) is 5.14. The van der Waals surface area contributed by atoms with Crippen molar-refractivity contribution in [3.8, 4) is 0 Å². The number of benzene rings is 1. The molecule has 5 nitrogen and oxygen atoms in total. The molecular weight excluding hydrogens is 268 g/mol. The van der Waals surface area contributed by atoms with Crippen LogP contribution in [0.2, 0.25) is 0 Å². The van der Waals surface area contributed by atoms with Crippen molar-refractivity contribution < 1.29 is 14.3 Å². The van der Waals surface area contributed by atoms with Gasteiger partial charge in [-0.2, -0.15) is 0 Å². The zero-order valence-corrected chi connectivity index (χ0v) is 12.6. The molecule has 0 saturated heterocycles. The minimum Gasteiger partial charge on any atom is -0.469 e. The average Bonchev–Trinajstić information content (AvgIpc) is 2.75. The van der Waals surface area contributed by atoms with Crippen LogP contribution in [0.25, 0.3) is 10.9 Å². The van der Waals surface area contributed by atoms with Crippen LogP contribution in [-0.4, -0.2) is 23.9 Å². The van der Waals surface area contributed by atoms with Crippen molar-refractivity contribution in [3.05, 3.63) is 29.0 Å². The van der Waals surface area contributed by atoms with E-state index in [2.05, 4.69) is 4.74 Å². The van der Waals surface area contributed by atoms with Gasteiger partial charge in [-0.15, -0.1) is 0 Å². The summed E-state index contributed by atoms with van der Waals surface area (Å²) in [5, 5.41) is 0.806. The molecule has 2 N–H and O–H groups in total. The predicted molar refractivity (Wildman–Crippen MR) is 82.5 cm³/mol. The first-order chi connectivity index (χ1) is 10.0. The van der Waals surface area contributed by atoms with E-state index in [1.54, 1.807) is 0 Å². The first-order valence-corrected chi connectivity index (χ1v) is 6.91. The first kappa shape index (κ1) is 15.1. The van der Waals surface area contributed by atoms with Crippen LogP contribution in [0.5, 0.6) is 0 Å². The van der Waals surface area contributed by atoms with Crippen molar-refractivity contribution in [1.29, 1.82) is 0 Å². The second-order valence-electron chi connectivity index (χ2n) is 5.14. The molecule has 0 amide bonds. The maximum absolute atomic E-state index is 11.4. The zero-order chi connectivity index (χ0) is 15.6. The molecule has 2 rings (SSSR count). The Bertz CT molecular complexity index is 701. The molecule has 0 spiro atoms. The molecule has 0 atom stereocenters. The normalized spacial score (nSPS) is 10.8. The summed E-state index contributed by atoms with van der Waals surface area (Å²) in [6.07, 6.45) is 1.86. The highest BCUT2D eigenvalue weighted by molar-refractivity contribution is 6.06. The largest absolute Gasteiger partial charge is 0.469 e. The summed E-state index contributed by atoms with van der Waals surface area (Å²) >= 11 is 0. The lowest BCUT2D eigenvalue weighted by atomic mass is 10.1. The summed E-state index contributed by atoms with van der Waals surface area (Å²) in [5.41, 5.74) is 10.2. The second kappa shape index (κ2) is 5.99. The highest BCUT2D eigenvalue weighted by Gasteiger charge is 2.16. The Kier molecular flexibility index (Phi) is 4.31. The highest BCUT2D eigenvalue weighted by atomic mass is 16.5. The van der Waals surface area contributed by atoms with E-state index < -0.39 is 0 Å². The number of hydrogen-bond donors (Lipinski definition) is 1. The fraction of sp³-hybridized carbons (Fsp3) is 0.375. The number of aldehydes is 1. The zero-order valence-electron chi connectivity index (χ0n) is 12.6. The van der Waals surface area contributed by atoms with Crippen LogP contribution in [-0.2, 0) is 16.1 Å². The van der Waals surface area contributed by atoms with Gasteiger partial charge >= 0.3 is 5.97 Å². The average molecular weight is 288 g/mol. The molecule has 0 unspecified atom stereocenters. The SMILES string of the molecule is COC(=O)CCCn1c(C)c(C=O)c2c(N)c(C)ccc21. The number of methoxy groups -OCH3 is 1. The van der Waals surface area contributed by atoms with Gasteiger partial charge in [0.25, 0.3) is 0 Å². The van der Waals surface area contributed by atoms with Gasteiger partial charge in [-0.3, -0.25) is 9.59 Å². The number of aromatic nitrogens is 1. The summed E-state index contributed by atoms with van der Waals surface area (Å²) in [4.78, 5) is 22.6. The Morgan fingerprint density at radius 3 is 2.71 bits per heavy atom. The summed E-state index contributed by atoms with van der Waals surface area (Å²) in [6.45, 7) is 4.47. The molecule has 1 aromatic carbocycles. The van der Waals surface area contributed by atoms with Gasteiger partial charge in [0.2, 0.25) is 0 Å². The fourth-order valence-corrected chi connectivity index (χ4v) is 2.64. The molecule has 0 aliphatic heterocycles. The van der Waals surface area contributed by atoms with Crippen molar-refractivity contribution in [1.82, 2.24) is 4.57 Å². The molecule has 0 bridgehead atoms. The van der Waals surface area contributed by atoms with Crippen LogP contribution in [0.1, 0.15) is 34.5 Å². The van der Waals surface area contributed by atoms with Crippen LogP contribution < -0.4 is 5.73 Å². The molecule has 0 aliphatic carbocycles. The van der Waals surface area contributed by atoms with Crippen LogP contribution >= 0.6 is 0 Å². The molecule has 112 valence electrons. The smallest absolute Gasteiger partial charge is 0.305 e. The quantitative estimate of drug-likeness (QED) is 0.521. The molecule has 1 heterocycles. The van der Waals surface area contributed by atoms with E-state index in [0.29, 0.717) is 30.6 Å². The van der Waals surface area contributed by atoms with Gasteiger partial charge in [0.15, 0.2) is 6.29 Å². The third-order valence-corrected chi connectivity index (χ3v) is 3.90. The summed E-state index contributed by atoms with van der Waals surface area (Å²) < 4.78 is 6.68. The number of anilines is 1. The van der Waals surface area contributed by atoms with Gasteiger partial charge in [-0.05, 0) is 31.9 Å². The lowest BCUT2D eigenvalue weighted by Gasteiger charge is -2.08. The topological polar surface area (TPSA) is 74.3 Å². The van der Waals surface area contributed by atoms with Crippen LogP contribution in [0.4, 0.5) is 5.69 Å². The van der Waals surface area contributed by atoms with Gasteiger partial charge < -0.3 is 15.0 Å². The number of nitrogen functional groups attached to an aromatic ring is 1. The number of esters is 1. The van der Waals surface area contributed by atoms with Gasteiger partial charge in [0.1, 0.15) is 0 Å². The number of rotatable bonds is 5. The maximum Gasteiger partial charge on any atom is 0.305 e. The van der Waals surface area contributed by atoms with E-state index in [9.17, 15) is 9.59 Å². The van der Waals surface area contributed by atoms with Gasteiger partial charge in [-0.1, -0.05) is 6.07 Å². The Morgan fingerprint density at radius 1 is 1.38 bits per heavy atom. The molecule has 5 heteroatoms. The third-order valence-electron chi connectivity index (χ3n) is 3.90. The molecule has 1 aromatic heterocycles. The fourth-order valence-electron chi connectivity index (χ4n) is 2.64. The van der Waals surface area contributed by atoms with E-state index >= 15 is 0 Å². The van der Waals surface area contributed by atoms with E-state index in [-0.39, 0.29) is 5.97 Å². The number of nitrogens with zero attached hydrogens (tertiary/aromatic N) is 1. The van der Waals surface area contributed by atoms with Crippen LogP contribution in [0.15, 0.2) is 12.1 Å².